The topological polar surface area (TPSA) is 95.5 Å². The number of nitrogens with one attached hydrogen (secondary N) is 1. The van der Waals surface area contributed by atoms with Gasteiger partial charge in [0.15, 0.2) is 5.65 Å². The molecule has 0 spiro atoms. The van der Waals surface area contributed by atoms with E-state index in [0.717, 1.165) is 42.9 Å². The number of anilines is 2. The SMILES string of the molecule is N#Cc1ccc(OCC2CN(c3ccc(-c4cccc5nc(NC(=O)C6CC6)nn45)cc3)C2)cc1. The van der Waals surface area contributed by atoms with Gasteiger partial charge in [0.2, 0.25) is 11.9 Å². The molecule has 2 aliphatic rings. The molecule has 35 heavy (non-hydrogen) atoms. The minimum absolute atomic E-state index is 0.00182. The van der Waals surface area contributed by atoms with Gasteiger partial charge in [0.25, 0.3) is 0 Å². The average Bonchev–Trinajstić information content (AvgIpc) is 3.63. The maximum atomic E-state index is 12.1. The first-order chi connectivity index (χ1) is 17.2. The number of amides is 1. The summed E-state index contributed by atoms with van der Waals surface area (Å²) in [4.78, 5) is 18.9. The summed E-state index contributed by atoms with van der Waals surface area (Å²) in [6.45, 7) is 2.55. The second kappa shape index (κ2) is 8.76. The third-order valence-electron chi connectivity index (χ3n) is 6.50. The number of aromatic nitrogens is 3. The first kappa shape index (κ1) is 21.2. The molecule has 174 valence electrons. The van der Waals surface area contributed by atoms with Crippen molar-refractivity contribution in [2.45, 2.75) is 12.8 Å². The van der Waals surface area contributed by atoms with Crippen LogP contribution in [0.25, 0.3) is 16.9 Å². The van der Waals surface area contributed by atoms with Crippen molar-refractivity contribution in [1.29, 1.82) is 5.26 Å². The van der Waals surface area contributed by atoms with Crippen molar-refractivity contribution in [3.63, 3.8) is 0 Å². The van der Waals surface area contributed by atoms with Gasteiger partial charge >= 0.3 is 0 Å². The second-order valence-electron chi connectivity index (χ2n) is 9.15. The molecule has 8 heteroatoms. The van der Waals surface area contributed by atoms with E-state index in [-0.39, 0.29) is 11.8 Å². The third-order valence-corrected chi connectivity index (χ3v) is 6.50. The number of ether oxygens (including phenoxy) is 1. The Bertz CT molecular complexity index is 1410. The molecular formula is C27H24N6O2. The number of pyridine rings is 1. The van der Waals surface area contributed by atoms with E-state index in [4.69, 9.17) is 10.00 Å². The molecule has 0 radical (unpaired) electrons. The maximum Gasteiger partial charge on any atom is 0.249 e. The molecule has 2 aromatic heterocycles. The molecule has 6 rings (SSSR count). The summed E-state index contributed by atoms with van der Waals surface area (Å²) in [5.74, 6) is 1.72. The molecule has 3 heterocycles. The molecule has 4 aromatic rings. The Morgan fingerprint density at radius 2 is 1.83 bits per heavy atom. The molecule has 2 aromatic carbocycles. The molecule has 1 amide bonds. The molecule has 0 bridgehead atoms. The van der Waals surface area contributed by atoms with Crippen molar-refractivity contribution in [3.8, 4) is 23.1 Å². The fourth-order valence-electron chi connectivity index (χ4n) is 4.30. The molecule has 1 saturated heterocycles. The predicted octanol–water partition coefficient (Wildman–Crippen LogP) is 4.13. The number of nitrogens with zero attached hydrogens (tertiary/aromatic N) is 5. The molecule has 0 unspecified atom stereocenters. The van der Waals surface area contributed by atoms with Crippen LogP contribution >= 0.6 is 0 Å². The number of carbonyl (C=O) groups is 1. The normalized spacial score (nSPS) is 15.5. The number of nitriles is 1. The number of fused-ring (bicyclic) bond motifs is 1. The summed E-state index contributed by atoms with van der Waals surface area (Å²) in [6.07, 6.45) is 1.89. The Hall–Kier alpha value is -4.38. The molecule has 1 aliphatic carbocycles. The van der Waals surface area contributed by atoms with Crippen molar-refractivity contribution >= 4 is 23.2 Å². The van der Waals surface area contributed by atoms with E-state index in [2.05, 4.69) is 50.6 Å². The van der Waals surface area contributed by atoms with Gasteiger partial charge in [-0.1, -0.05) is 18.2 Å². The lowest BCUT2D eigenvalue weighted by atomic mass is 9.99. The lowest BCUT2D eigenvalue weighted by Gasteiger charge is -2.40. The fraction of sp³-hybridized carbons (Fsp3) is 0.259. The van der Waals surface area contributed by atoms with Gasteiger partial charge in [-0.2, -0.15) is 10.2 Å². The Balaban J connectivity index is 1.08. The van der Waals surface area contributed by atoms with E-state index in [0.29, 0.717) is 29.7 Å². The largest absolute Gasteiger partial charge is 0.493 e. The minimum atomic E-state index is 0.00182. The summed E-state index contributed by atoms with van der Waals surface area (Å²) in [7, 11) is 0. The van der Waals surface area contributed by atoms with Crippen LogP contribution in [0.4, 0.5) is 11.6 Å². The van der Waals surface area contributed by atoms with Gasteiger partial charge in [0.1, 0.15) is 5.75 Å². The molecule has 1 aliphatic heterocycles. The highest BCUT2D eigenvalue weighted by Gasteiger charge is 2.30. The van der Waals surface area contributed by atoms with Crippen molar-refractivity contribution in [2.75, 3.05) is 29.9 Å². The smallest absolute Gasteiger partial charge is 0.249 e. The number of carbonyl (C=O) groups excluding carboxylic acids is 1. The summed E-state index contributed by atoms with van der Waals surface area (Å²) >= 11 is 0. The Kier molecular flexibility index (Phi) is 5.30. The van der Waals surface area contributed by atoms with E-state index in [1.54, 1.807) is 16.6 Å². The van der Waals surface area contributed by atoms with Crippen LogP contribution in [0.15, 0.2) is 66.7 Å². The summed E-state index contributed by atoms with van der Waals surface area (Å²) < 4.78 is 7.65. The van der Waals surface area contributed by atoms with Gasteiger partial charge in [0.05, 0.1) is 23.9 Å². The highest BCUT2D eigenvalue weighted by molar-refractivity contribution is 5.92. The lowest BCUT2D eigenvalue weighted by Crippen LogP contribution is -2.49. The van der Waals surface area contributed by atoms with Gasteiger partial charge in [0, 0.05) is 36.2 Å². The minimum Gasteiger partial charge on any atom is -0.493 e. The second-order valence-corrected chi connectivity index (χ2v) is 9.15. The standard InChI is InChI=1S/C27H24N6O2/c28-14-18-4-12-23(13-5-18)35-17-19-15-32(16-19)22-10-8-20(9-11-22)24-2-1-3-25-29-27(31-33(24)25)30-26(34)21-6-7-21/h1-5,8-13,19,21H,6-7,15-17H2,(H,30,31,34). The number of rotatable bonds is 7. The predicted molar refractivity (Wildman–Crippen MR) is 132 cm³/mol. The lowest BCUT2D eigenvalue weighted by molar-refractivity contribution is -0.117. The molecule has 1 N–H and O–H groups in total. The number of benzene rings is 2. The average molecular weight is 465 g/mol. The molecule has 8 nitrogen and oxygen atoms in total. The Morgan fingerprint density at radius 1 is 1.06 bits per heavy atom. The van der Waals surface area contributed by atoms with Gasteiger partial charge < -0.3 is 9.64 Å². The molecule has 0 atom stereocenters. The van der Waals surface area contributed by atoms with Crippen LogP contribution in [0.5, 0.6) is 5.75 Å². The van der Waals surface area contributed by atoms with Crippen molar-refractivity contribution < 1.29 is 9.53 Å². The van der Waals surface area contributed by atoms with Crippen LogP contribution in [-0.2, 0) is 4.79 Å². The summed E-state index contributed by atoms with van der Waals surface area (Å²) in [6, 6.07) is 23.6. The van der Waals surface area contributed by atoms with Crippen LogP contribution in [0.3, 0.4) is 0 Å². The molecular weight excluding hydrogens is 440 g/mol. The van der Waals surface area contributed by atoms with E-state index in [1.165, 1.54) is 5.69 Å². The molecule has 1 saturated carbocycles. The fourth-order valence-corrected chi connectivity index (χ4v) is 4.30. The first-order valence-electron chi connectivity index (χ1n) is 11.8. The van der Waals surface area contributed by atoms with E-state index >= 15 is 0 Å². The van der Waals surface area contributed by atoms with E-state index < -0.39 is 0 Å². The quantitative estimate of drug-likeness (QED) is 0.442. The van der Waals surface area contributed by atoms with Crippen LogP contribution < -0.4 is 15.0 Å². The summed E-state index contributed by atoms with van der Waals surface area (Å²) in [5.41, 5.74) is 4.46. The van der Waals surface area contributed by atoms with Gasteiger partial charge in [-0.3, -0.25) is 10.1 Å². The van der Waals surface area contributed by atoms with Crippen LogP contribution in [0.2, 0.25) is 0 Å². The van der Waals surface area contributed by atoms with Crippen LogP contribution in [-0.4, -0.2) is 40.2 Å². The number of hydrogen-bond donors (Lipinski definition) is 1. The van der Waals surface area contributed by atoms with Crippen LogP contribution in [0, 0.1) is 23.2 Å². The highest BCUT2D eigenvalue weighted by Crippen LogP contribution is 2.31. The maximum absolute atomic E-state index is 12.1. The highest BCUT2D eigenvalue weighted by atomic mass is 16.5. The Morgan fingerprint density at radius 3 is 2.54 bits per heavy atom. The van der Waals surface area contributed by atoms with Gasteiger partial charge in [-0.15, -0.1) is 5.10 Å². The van der Waals surface area contributed by atoms with Crippen molar-refractivity contribution in [1.82, 2.24) is 14.6 Å². The van der Waals surface area contributed by atoms with E-state index in [9.17, 15) is 4.79 Å². The third kappa shape index (κ3) is 4.41. The van der Waals surface area contributed by atoms with Crippen molar-refractivity contribution in [2.24, 2.45) is 11.8 Å². The van der Waals surface area contributed by atoms with Gasteiger partial charge in [-0.25, -0.2) is 4.52 Å². The first-order valence-corrected chi connectivity index (χ1v) is 11.8. The zero-order valence-electron chi connectivity index (χ0n) is 19.1. The Labute approximate surface area is 202 Å². The zero-order valence-corrected chi connectivity index (χ0v) is 19.1. The molecule has 2 fully saturated rings. The van der Waals surface area contributed by atoms with Gasteiger partial charge in [-0.05, 0) is 61.4 Å². The zero-order chi connectivity index (χ0) is 23.8. The number of hydrogen-bond acceptors (Lipinski definition) is 6. The van der Waals surface area contributed by atoms with Crippen LogP contribution in [0.1, 0.15) is 18.4 Å². The van der Waals surface area contributed by atoms with E-state index in [1.807, 2.05) is 30.3 Å². The summed E-state index contributed by atoms with van der Waals surface area (Å²) in [5, 5.41) is 16.2. The van der Waals surface area contributed by atoms with Crippen molar-refractivity contribution in [3.05, 3.63) is 72.3 Å². The monoisotopic (exact) mass is 464 g/mol.